The van der Waals surface area contributed by atoms with Crippen molar-refractivity contribution in [2.24, 2.45) is 0 Å². The van der Waals surface area contributed by atoms with E-state index in [2.05, 4.69) is 231 Å². The number of hydrogen-bond acceptors (Lipinski definition) is 4. The molecule has 0 saturated heterocycles. The summed E-state index contributed by atoms with van der Waals surface area (Å²) in [4.78, 5) is 7.43. The SMILES string of the molecule is Cc1cc(N(c2ccc(C(C)(C)C)cc2)c2ccc(C(C)(C)C)cc2)cc(N(c2ccc(C(C)(C)C)cc2)c2coc3cc(N4c5ccccc5C5(C)CCCCC45C)ccc23)c1. The van der Waals surface area contributed by atoms with Crippen molar-refractivity contribution in [3.63, 3.8) is 0 Å². The zero-order valence-corrected chi connectivity index (χ0v) is 39.9. The van der Waals surface area contributed by atoms with Crippen LogP contribution in [0.3, 0.4) is 0 Å². The van der Waals surface area contributed by atoms with Gasteiger partial charge in [-0.25, -0.2) is 0 Å². The van der Waals surface area contributed by atoms with E-state index in [-0.39, 0.29) is 27.2 Å². The molecule has 324 valence electrons. The molecular formula is C59H67N3O. The maximum absolute atomic E-state index is 6.68. The largest absolute Gasteiger partial charge is 0.462 e. The van der Waals surface area contributed by atoms with Gasteiger partial charge in [0.25, 0.3) is 0 Å². The molecule has 2 unspecified atom stereocenters. The summed E-state index contributed by atoms with van der Waals surface area (Å²) < 4.78 is 6.68. The van der Waals surface area contributed by atoms with Gasteiger partial charge in [-0.15, -0.1) is 0 Å². The minimum absolute atomic E-state index is 0.0250. The third-order valence-corrected chi connectivity index (χ3v) is 14.6. The van der Waals surface area contributed by atoms with Crippen molar-refractivity contribution >= 4 is 56.5 Å². The van der Waals surface area contributed by atoms with Crippen LogP contribution in [0.25, 0.3) is 11.0 Å². The normalized spacial score (nSPS) is 19.0. The second-order valence-corrected chi connectivity index (χ2v) is 22.1. The summed E-state index contributed by atoms with van der Waals surface area (Å²) in [6.45, 7) is 27.7. The number of fused-ring (bicyclic) bond motifs is 4. The molecule has 9 rings (SSSR count). The number of furan rings is 1. The molecule has 0 radical (unpaired) electrons. The summed E-state index contributed by atoms with van der Waals surface area (Å²) in [6.07, 6.45) is 6.84. The Bertz CT molecular complexity index is 2720. The summed E-state index contributed by atoms with van der Waals surface area (Å²) in [5.74, 6) is 0. The quantitative estimate of drug-likeness (QED) is 0.160. The van der Waals surface area contributed by atoms with E-state index < -0.39 is 0 Å². The van der Waals surface area contributed by atoms with Crippen molar-refractivity contribution in [1.82, 2.24) is 0 Å². The fraction of sp³-hybridized carbons (Fsp3) is 0.356. The Morgan fingerprint density at radius 3 is 1.56 bits per heavy atom. The van der Waals surface area contributed by atoms with Gasteiger partial charge in [0.1, 0.15) is 11.8 Å². The van der Waals surface area contributed by atoms with E-state index in [1.807, 2.05) is 6.26 Å². The molecule has 1 aliphatic heterocycles. The standard InChI is InChI=1S/C59H67N3O/c1-40-35-48(60(44-25-19-41(20-26-44)55(2,3)4)45-27-21-42(22-28-45)56(5,6)7)37-49(36-40)61(46-29-23-43(24-30-46)57(8,9)10)53-39-63-54-38-47(31-32-50(53)54)62-52-18-14-13-17-51(52)58(11)33-15-16-34-59(58,62)12/h13-14,17-32,35-39H,15-16,33-34H2,1-12H3. The lowest BCUT2D eigenvalue weighted by Crippen LogP contribution is -2.54. The molecule has 1 fully saturated rings. The first kappa shape index (κ1) is 42.6. The van der Waals surface area contributed by atoms with Gasteiger partial charge in [-0.05, 0) is 144 Å². The fourth-order valence-corrected chi connectivity index (χ4v) is 10.6. The number of rotatable bonds is 7. The van der Waals surface area contributed by atoms with E-state index in [1.165, 1.54) is 58.5 Å². The van der Waals surface area contributed by atoms with E-state index in [4.69, 9.17) is 4.42 Å². The molecular weight excluding hydrogens is 767 g/mol. The van der Waals surface area contributed by atoms with Crippen LogP contribution in [0.2, 0.25) is 0 Å². The van der Waals surface area contributed by atoms with Crippen LogP contribution in [-0.2, 0) is 21.7 Å². The predicted octanol–water partition coefficient (Wildman–Crippen LogP) is 17.3. The van der Waals surface area contributed by atoms with Crippen LogP contribution in [0.5, 0.6) is 0 Å². The van der Waals surface area contributed by atoms with Gasteiger partial charge in [0.2, 0.25) is 0 Å². The van der Waals surface area contributed by atoms with Crippen LogP contribution in [0.4, 0.5) is 45.5 Å². The first-order valence-electron chi connectivity index (χ1n) is 23.2. The number of nitrogens with zero attached hydrogens (tertiary/aromatic N) is 3. The average Bonchev–Trinajstić information content (AvgIpc) is 3.73. The molecule has 0 N–H and O–H groups in total. The Morgan fingerprint density at radius 2 is 1.02 bits per heavy atom. The number of anilines is 8. The molecule has 4 nitrogen and oxygen atoms in total. The molecule has 1 saturated carbocycles. The highest BCUT2D eigenvalue weighted by molar-refractivity contribution is 5.99. The average molecular weight is 834 g/mol. The second-order valence-electron chi connectivity index (χ2n) is 22.1. The number of para-hydroxylation sites is 1. The lowest BCUT2D eigenvalue weighted by Gasteiger charge is -2.50. The van der Waals surface area contributed by atoms with E-state index in [1.54, 1.807) is 0 Å². The summed E-state index contributed by atoms with van der Waals surface area (Å²) in [5.41, 5.74) is 16.7. The lowest BCUT2D eigenvalue weighted by molar-refractivity contribution is 0.195. The predicted molar refractivity (Wildman–Crippen MR) is 269 cm³/mol. The molecule has 1 aliphatic carbocycles. The summed E-state index contributed by atoms with van der Waals surface area (Å²) in [5, 5.41) is 1.08. The van der Waals surface area contributed by atoms with Crippen LogP contribution in [0.15, 0.2) is 144 Å². The van der Waals surface area contributed by atoms with E-state index >= 15 is 0 Å². The fourth-order valence-electron chi connectivity index (χ4n) is 10.6. The Kier molecular flexibility index (Phi) is 10.3. The van der Waals surface area contributed by atoms with Gasteiger partial charge in [0, 0.05) is 56.7 Å². The molecule has 2 atom stereocenters. The van der Waals surface area contributed by atoms with Gasteiger partial charge < -0.3 is 19.1 Å². The molecule has 1 aromatic heterocycles. The Hall–Kier alpha value is -5.74. The van der Waals surface area contributed by atoms with Gasteiger partial charge in [0.05, 0.1) is 11.2 Å². The molecule has 4 heteroatoms. The molecule has 0 amide bonds. The molecule has 7 aromatic rings. The number of hydrogen-bond donors (Lipinski definition) is 0. The van der Waals surface area contributed by atoms with Crippen molar-refractivity contribution in [3.8, 4) is 0 Å². The molecule has 6 aromatic carbocycles. The molecule has 0 bridgehead atoms. The summed E-state index contributed by atoms with van der Waals surface area (Å²) in [7, 11) is 0. The molecule has 0 spiro atoms. The summed E-state index contributed by atoms with van der Waals surface area (Å²) in [6, 6.07) is 50.3. The smallest absolute Gasteiger partial charge is 0.138 e. The van der Waals surface area contributed by atoms with E-state index in [9.17, 15) is 0 Å². The lowest BCUT2D eigenvalue weighted by atomic mass is 9.61. The highest BCUT2D eigenvalue weighted by atomic mass is 16.3. The van der Waals surface area contributed by atoms with Crippen LogP contribution < -0.4 is 14.7 Å². The number of aryl methyl sites for hydroxylation is 1. The van der Waals surface area contributed by atoms with Crippen molar-refractivity contribution < 1.29 is 4.42 Å². The van der Waals surface area contributed by atoms with Gasteiger partial charge in [-0.3, -0.25) is 0 Å². The van der Waals surface area contributed by atoms with E-state index in [0.29, 0.717) is 0 Å². The zero-order valence-electron chi connectivity index (χ0n) is 39.9. The van der Waals surface area contributed by atoms with Crippen LogP contribution in [0, 0.1) is 6.92 Å². The first-order chi connectivity index (χ1) is 29.8. The third kappa shape index (κ3) is 7.43. The second kappa shape index (κ2) is 15.2. The Labute approximate surface area is 377 Å². The Morgan fingerprint density at radius 1 is 0.524 bits per heavy atom. The minimum atomic E-state index is -0.0250. The monoisotopic (exact) mass is 834 g/mol. The van der Waals surface area contributed by atoms with E-state index in [0.717, 1.165) is 51.5 Å². The van der Waals surface area contributed by atoms with Gasteiger partial charge in [-0.2, -0.15) is 0 Å². The molecule has 2 heterocycles. The minimum Gasteiger partial charge on any atom is -0.462 e. The molecule has 2 aliphatic rings. The summed E-state index contributed by atoms with van der Waals surface area (Å²) >= 11 is 0. The van der Waals surface area contributed by atoms with Crippen molar-refractivity contribution in [3.05, 3.63) is 168 Å². The van der Waals surface area contributed by atoms with Gasteiger partial charge in [-0.1, -0.05) is 137 Å². The highest BCUT2D eigenvalue weighted by Gasteiger charge is 2.57. The molecule has 63 heavy (non-hydrogen) atoms. The maximum Gasteiger partial charge on any atom is 0.138 e. The van der Waals surface area contributed by atoms with Crippen LogP contribution in [0.1, 0.15) is 130 Å². The number of benzene rings is 6. The van der Waals surface area contributed by atoms with Crippen molar-refractivity contribution in [2.45, 2.75) is 136 Å². The van der Waals surface area contributed by atoms with Crippen molar-refractivity contribution in [1.29, 1.82) is 0 Å². The van der Waals surface area contributed by atoms with Gasteiger partial charge in [0.15, 0.2) is 0 Å². The van der Waals surface area contributed by atoms with Crippen LogP contribution in [-0.4, -0.2) is 5.54 Å². The van der Waals surface area contributed by atoms with Crippen molar-refractivity contribution in [2.75, 3.05) is 14.7 Å². The maximum atomic E-state index is 6.68. The highest BCUT2D eigenvalue weighted by Crippen LogP contribution is 2.61. The first-order valence-corrected chi connectivity index (χ1v) is 23.2. The van der Waals surface area contributed by atoms with Crippen LogP contribution >= 0.6 is 0 Å². The zero-order chi connectivity index (χ0) is 44.7. The third-order valence-electron chi connectivity index (χ3n) is 14.6. The Balaban J connectivity index is 1.19. The van der Waals surface area contributed by atoms with Gasteiger partial charge >= 0.3 is 0 Å². The topological polar surface area (TPSA) is 22.9 Å².